The van der Waals surface area contributed by atoms with Gasteiger partial charge in [0, 0.05) is 55.7 Å². The summed E-state index contributed by atoms with van der Waals surface area (Å²) in [6, 6.07) is 14.1. The number of sulfonamides is 1. The summed E-state index contributed by atoms with van der Waals surface area (Å²) in [5, 5.41) is 9.62. The van der Waals surface area contributed by atoms with Gasteiger partial charge in [0.1, 0.15) is 0 Å². The number of amides is 1. The molecule has 12 nitrogen and oxygen atoms in total. The highest BCUT2D eigenvalue weighted by Crippen LogP contribution is 2.28. The van der Waals surface area contributed by atoms with Crippen molar-refractivity contribution in [1.29, 1.82) is 0 Å². The van der Waals surface area contributed by atoms with Crippen LogP contribution < -0.4 is 20.7 Å². The molecule has 1 aliphatic heterocycles. The zero-order valence-electron chi connectivity index (χ0n) is 23.4. The van der Waals surface area contributed by atoms with Crippen LogP contribution in [0.5, 0.6) is 0 Å². The highest BCUT2D eigenvalue weighted by molar-refractivity contribution is 7.90. The molecule has 2 aromatic carbocycles. The van der Waals surface area contributed by atoms with Crippen molar-refractivity contribution in [3.63, 3.8) is 0 Å². The van der Waals surface area contributed by atoms with Crippen molar-refractivity contribution >= 4 is 50.1 Å². The maximum Gasteiger partial charge on any atom is 0.326 e. The molecular weight excluding hydrogens is 575 g/mol. The quantitative estimate of drug-likeness (QED) is 0.201. The van der Waals surface area contributed by atoms with Gasteiger partial charge in [0.2, 0.25) is 16.0 Å². The molecule has 226 valence electrons. The van der Waals surface area contributed by atoms with Crippen LogP contribution in [0.1, 0.15) is 18.4 Å². The van der Waals surface area contributed by atoms with E-state index < -0.39 is 15.8 Å². The third-order valence-corrected chi connectivity index (χ3v) is 9.27. The molecule has 2 fully saturated rings. The second-order valence-corrected chi connectivity index (χ2v) is 12.6. The zero-order chi connectivity index (χ0) is 29.8. The van der Waals surface area contributed by atoms with Crippen molar-refractivity contribution in [1.82, 2.24) is 29.5 Å². The molecule has 14 heteroatoms. The minimum Gasteiger partial charge on any atom is -0.379 e. The van der Waals surface area contributed by atoms with Gasteiger partial charge < -0.3 is 20.7 Å². The molecule has 1 aliphatic carbocycles. The van der Waals surface area contributed by atoms with E-state index in [-0.39, 0.29) is 29.6 Å². The van der Waals surface area contributed by atoms with Gasteiger partial charge in [-0.05, 0) is 48.7 Å². The highest BCUT2D eigenvalue weighted by Gasteiger charge is 2.35. The Morgan fingerprint density at radius 1 is 1.02 bits per heavy atom. The molecule has 1 saturated carbocycles. The molecule has 0 radical (unpaired) electrons. The normalized spacial score (nSPS) is 15.8. The molecule has 1 amide bonds. The summed E-state index contributed by atoms with van der Waals surface area (Å²) in [6.45, 7) is 4.62. The third kappa shape index (κ3) is 7.28. The third-order valence-electron chi connectivity index (χ3n) is 7.38. The van der Waals surface area contributed by atoms with Crippen molar-refractivity contribution in [2.45, 2.75) is 24.6 Å². The van der Waals surface area contributed by atoms with Gasteiger partial charge in [-0.2, -0.15) is 4.98 Å². The summed E-state index contributed by atoms with van der Waals surface area (Å²) in [5.41, 5.74) is 2.69. The Balaban J connectivity index is 1.08. The van der Waals surface area contributed by atoms with E-state index in [1.165, 1.54) is 0 Å². The van der Waals surface area contributed by atoms with E-state index in [0.717, 1.165) is 36.8 Å². The van der Waals surface area contributed by atoms with Gasteiger partial charge in [-0.25, -0.2) is 27.3 Å². The van der Waals surface area contributed by atoms with Crippen LogP contribution >= 0.6 is 0 Å². The fourth-order valence-electron chi connectivity index (χ4n) is 4.78. The van der Waals surface area contributed by atoms with Gasteiger partial charge in [-0.1, -0.05) is 18.2 Å². The number of hydrogen-bond acceptors (Lipinski definition) is 9. The van der Waals surface area contributed by atoms with E-state index in [4.69, 9.17) is 4.74 Å². The summed E-state index contributed by atoms with van der Waals surface area (Å²) in [5.74, 6) is -0.490. The zero-order valence-corrected chi connectivity index (χ0v) is 24.2. The minimum atomic E-state index is -3.27. The van der Waals surface area contributed by atoms with Crippen LogP contribution in [0.25, 0.3) is 10.9 Å². The maximum atomic E-state index is 14.6. The van der Waals surface area contributed by atoms with Crippen molar-refractivity contribution in [2.24, 2.45) is 0 Å². The summed E-state index contributed by atoms with van der Waals surface area (Å²) in [6.07, 6.45) is 4.20. The smallest absolute Gasteiger partial charge is 0.326 e. The number of benzene rings is 2. The Bertz CT molecular complexity index is 1700. The fourth-order valence-corrected chi connectivity index (χ4v) is 6.14. The first kappa shape index (κ1) is 29.0. The number of carbonyl (C=O) groups is 1. The number of hydrogen-bond donors (Lipinski definition) is 4. The number of aromatic nitrogens is 3. The van der Waals surface area contributed by atoms with E-state index in [0.29, 0.717) is 49.5 Å². The molecule has 6 rings (SSSR count). The Kier molecular flexibility index (Phi) is 8.51. The first-order valence-corrected chi connectivity index (χ1v) is 15.7. The van der Waals surface area contributed by atoms with Crippen LogP contribution in [0.4, 0.5) is 32.3 Å². The average molecular weight is 609 g/mol. The summed E-state index contributed by atoms with van der Waals surface area (Å²) < 4.78 is 48.2. The Hall–Kier alpha value is -4.11. The van der Waals surface area contributed by atoms with Gasteiger partial charge in [-0.3, -0.25) is 9.47 Å². The van der Waals surface area contributed by atoms with Crippen molar-refractivity contribution in [2.75, 3.05) is 50.0 Å². The minimum absolute atomic E-state index is 0.0243. The standard InChI is InChI=1S/C29H33FN8O4S/c30-25-19-32-28(36-27(25)34-22-4-1-20(2-5-22)18-33-43(40,41)24-7-8-24)35-23-6-3-21-9-11-38(26(21)17-23)29(39)31-10-12-37-13-15-42-16-14-37/h1-6,9,11,17,19,24,33H,7-8,10,12-16,18H2,(H,31,39)(H2,32,34,35,36). The summed E-state index contributed by atoms with van der Waals surface area (Å²) >= 11 is 0. The largest absolute Gasteiger partial charge is 0.379 e. The van der Waals surface area contributed by atoms with Crippen LogP contribution in [0.15, 0.2) is 60.9 Å². The molecule has 0 atom stereocenters. The lowest BCUT2D eigenvalue weighted by atomic mass is 10.2. The summed E-state index contributed by atoms with van der Waals surface area (Å²) in [7, 11) is -3.27. The molecule has 1 saturated heterocycles. The SMILES string of the molecule is O=C(NCCN1CCOCC1)n1ccc2ccc(Nc3ncc(F)c(Nc4ccc(CNS(=O)(=O)C5CC5)cc4)n3)cc21. The maximum absolute atomic E-state index is 14.6. The first-order valence-electron chi connectivity index (χ1n) is 14.2. The Labute approximate surface area is 248 Å². The number of morpholine rings is 1. The van der Waals surface area contributed by atoms with E-state index in [1.807, 2.05) is 24.3 Å². The number of fused-ring (bicyclic) bond motifs is 1. The molecule has 0 unspecified atom stereocenters. The first-order chi connectivity index (χ1) is 20.8. The lowest BCUT2D eigenvalue weighted by Gasteiger charge is -2.26. The Morgan fingerprint density at radius 2 is 1.79 bits per heavy atom. The molecule has 0 bridgehead atoms. The van der Waals surface area contributed by atoms with Crippen molar-refractivity contribution in [3.8, 4) is 0 Å². The number of nitrogens with zero attached hydrogens (tertiary/aromatic N) is 4. The lowest BCUT2D eigenvalue weighted by Crippen LogP contribution is -2.42. The van der Waals surface area contributed by atoms with Crippen molar-refractivity contribution in [3.05, 3.63) is 72.3 Å². The molecule has 43 heavy (non-hydrogen) atoms. The number of nitrogens with one attached hydrogen (secondary N) is 4. The lowest BCUT2D eigenvalue weighted by molar-refractivity contribution is 0.0387. The number of carbonyl (C=O) groups excluding carboxylic acids is 1. The summed E-state index contributed by atoms with van der Waals surface area (Å²) in [4.78, 5) is 23.5. The van der Waals surface area contributed by atoms with Crippen LogP contribution in [-0.4, -0.2) is 78.5 Å². The molecule has 4 aromatic rings. The van der Waals surface area contributed by atoms with Crippen LogP contribution in [-0.2, 0) is 21.3 Å². The molecule has 0 spiro atoms. The predicted octanol–water partition coefficient (Wildman–Crippen LogP) is 3.53. The van der Waals surface area contributed by atoms with E-state index >= 15 is 0 Å². The van der Waals surface area contributed by atoms with Gasteiger partial charge in [0.25, 0.3) is 0 Å². The molecule has 2 aliphatic rings. The Morgan fingerprint density at radius 3 is 2.56 bits per heavy atom. The predicted molar refractivity (Wildman–Crippen MR) is 162 cm³/mol. The molecule has 3 heterocycles. The molecular formula is C29H33FN8O4S. The van der Waals surface area contributed by atoms with E-state index in [9.17, 15) is 17.6 Å². The van der Waals surface area contributed by atoms with Gasteiger partial charge >= 0.3 is 6.03 Å². The van der Waals surface area contributed by atoms with E-state index in [1.54, 1.807) is 35.0 Å². The van der Waals surface area contributed by atoms with Gasteiger partial charge in [0.15, 0.2) is 11.6 Å². The average Bonchev–Trinajstić information content (AvgIpc) is 3.80. The second kappa shape index (κ2) is 12.6. The number of halogens is 1. The van der Waals surface area contributed by atoms with Crippen LogP contribution in [0, 0.1) is 5.82 Å². The highest BCUT2D eigenvalue weighted by atomic mass is 32.2. The van der Waals surface area contributed by atoms with Crippen LogP contribution in [0.3, 0.4) is 0 Å². The van der Waals surface area contributed by atoms with E-state index in [2.05, 4.69) is 35.5 Å². The topological polar surface area (TPSA) is 143 Å². The monoisotopic (exact) mass is 608 g/mol. The van der Waals surface area contributed by atoms with Crippen molar-refractivity contribution < 1.29 is 22.3 Å². The fraction of sp³-hybridized carbons (Fsp3) is 0.345. The number of rotatable bonds is 11. The molecule has 2 aromatic heterocycles. The van der Waals surface area contributed by atoms with Crippen LogP contribution in [0.2, 0.25) is 0 Å². The molecule has 4 N–H and O–H groups in total. The van der Waals surface area contributed by atoms with Gasteiger partial charge in [-0.15, -0.1) is 0 Å². The number of ether oxygens (including phenoxy) is 1. The number of anilines is 4. The van der Waals surface area contributed by atoms with Gasteiger partial charge in [0.05, 0.1) is 30.2 Å². The second-order valence-electron chi connectivity index (χ2n) is 10.5.